The topological polar surface area (TPSA) is 62.8 Å². The number of piperidine rings is 1. The third-order valence-electron chi connectivity index (χ3n) is 9.23. The number of carbonyl (C=O) groups excluding carboxylic acids is 1. The van der Waals surface area contributed by atoms with Crippen LogP contribution in [0.15, 0.2) is 24.3 Å². The molecule has 2 N–H and O–H groups in total. The molecule has 4 rings (SSSR count). The Balaban J connectivity index is 1.11. The fourth-order valence-electron chi connectivity index (χ4n) is 6.40. The van der Waals surface area contributed by atoms with Gasteiger partial charge < -0.3 is 20.1 Å². The number of benzene rings is 1. The standard InChI is InChI=1S/C34H57N3O3/c1-23(2)33(38)22-37-15-12-29(13-16-37)39-32-20-28(21-32)36-34(6,7)14-11-25(5)26-9-8-10-30(17-26)40-31-18-27(19-31)35-24(3)4/h8-10,17,23-25,27-29,31-32,35-36H,11-16,18-22H2,1-7H3/t25?,27-,28-,31-,32-. The van der Waals surface area contributed by atoms with Gasteiger partial charge in [-0.2, -0.15) is 0 Å². The van der Waals surface area contributed by atoms with Crippen LogP contribution in [0.5, 0.6) is 5.75 Å². The van der Waals surface area contributed by atoms with Gasteiger partial charge in [-0.25, -0.2) is 0 Å². The van der Waals surface area contributed by atoms with Crippen LogP contribution < -0.4 is 15.4 Å². The Morgan fingerprint density at radius 1 is 0.975 bits per heavy atom. The van der Waals surface area contributed by atoms with E-state index in [1.165, 1.54) is 5.56 Å². The van der Waals surface area contributed by atoms with Crippen molar-refractivity contribution in [3.63, 3.8) is 0 Å². The van der Waals surface area contributed by atoms with Gasteiger partial charge in [0.2, 0.25) is 0 Å². The lowest BCUT2D eigenvalue weighted by Gasteiger charge is -2.43. The summed E-state index contributed by atoms with van der Waals surface area (Å²) < 4.78 is 12.7. The van der Waals surface area contributed by atoms with Crippen molar-refractivity contribution in [2.24, 2.45) is 5.92 Å². The number of ether oxygens (including phenoxy) is 2. The molecular weight excluding hydrogens is 498 g/mol. The second-order valence-corrected chi connectivity index (χ2v) is 14.3. The molecule has 40 heavy (non-hydrogen) atoms. The minimum atomic E-state index is 0.108. The average molecular weight is 556 g/mol. The number of likely N-dealkylation sites (tertiary alicyclic amines) is 1. The van der Waals surface area contributed by atoms with E-state index in [0.717, 1.165) is 70.2 Å². The van der Waals surface area contributed by atoms with Crippen LogP contribution in [-0.2, 0) is 9.53 Å². The number of hydrogen-bond donors (Lipinski definition) is 2. The van der Waals surface area contributed by atoms with Crippen molar-refractivity contribution in [1.82, 2.24) is 15.5 Å². The molecule has 0 bridgehead atoms. The van der Waals surface area contributed by atoms with E-state index in [-0.39, 0.29) is 11.5 Å². The van der Waals surface area contributed by atoms with Gasteiger partial charge in [0.25, 0.3) is 0 Å². The highest BCUT2D eigenvalue weighted by molar-refractivity contribution is 5.82. The van der Waals surface area contributed by atoms with Gasteiger partial charge in [-0.15, -0.1) is 0 Å². The third-order valence-corrected chi connectivity index (χ3v) is 9.23. The predicted octanol–water partition coefficient (Wildman–Crippen LogP) is 6.08. The van der Waals surface area contributed by atoms with Crippen LogP contribution in [0, 0.1) is 5.92 Å². The van der Waals surface area contributed by atoms with E-state index >= 15 is 0 Å². The number of nitrogens with one attached hydrogen (secondary N) is 2. The third kappa shape index (κ3) is 9.54. The molecule has 0 amide bonds. The van der Waals surface area contributed by atoms with Crippen molar-refractivity contribution in [1.29, 1.82) is 0 Å². The monoisotopic (exact) mass is 555 g/mol. The normalized spacial score (nSPS) is 26.9. The van der Waals surface area contributed by atoms with Crippen LogP contribution in [0.4, 0.5) is 0 Å². The highest BCUT2D eigenvalue weighted by Crippen LogP contribution is 2.33. The summed E-state index contributed by atoms with van der Waals surface area (Å²) in [5.74, 6) is 2.00. The molecule has 1 aromatic carbocycles. The molecule has 2 aliphatic carbocycles. The molecule has 3 aliphatic rings. The van der Waals surface area contributed by atoms with Gasteiger partial charge in [0, 0.05) is 42.7 Å². The fourth-order valence-corrected chi connectivity index (χ4v) is 6.40. The first-order valence-electron chi connectivity index (χ1n) is 16.2. The summed E-state index contributed by atoms with van der Waals surface area (Å²) in [5, 5.41) is 7.52. The van der Waals surface area contributed by atoms with Crippen LogP contribution in [-0.4, -0.2) is 72.3 Å². The number of ketones is 1. The van der Waals surface area contributed by atoms with Crippen molar-refractivity contribution in [2.45, 2.75) is 148 Å². The zero-order chi connectivity index (χ0) is 28.9. The van der Waals surface area contributed by atoms with E-state index in [1.807, 2.05) is 13.8 Å². The molecule has 1 atom stereocenters. The summed E-state index contributed by atoms with van der Waals surface area (Å²) in [6.45, 7) is 18.0. The van der Waals surface area contributed by atoms with Crippen molar-refractivity contribution in [3.05, 3.63) is 29.8 Å². The summed E-state index contributed by atoms with van der Waals surface area (Å²) in [4.78, 5) is 14.3. The molecule has 0 spiro atoms. The second-order valence-electron chi connectivity index (χ2n) is 14.3. The molecule has 2 saturated carbocycles. The van der Waals surface area contributed by atoms with E-state index < -0.39 is 0 Å². The number of nitrogens with zero attached hydrogens (tertiary/aromatic N) is 1. The van der Waals surface area contributed by atoms with Crippen molar-refractivity contribution in [3.8, 4) is 5.75 Å². The van der Waals surface area contributed by atoms with Crippen molar-refractivity contribution in [2.75, 3.05) is 19.6 Å². The van der Waals surface area contributed by atoms with E-state index in [4.69, 9.17) is 9.47 Å². The summed E-state index contributed by atoms with van der Waals surface area (Å²) in [6.07, 6.45) is 9.89. The Kier molecular flexibility index (Phi) is 11.1. The highest BCUT2D eigenvalue weighted by atomic mass is 16.5. The first kappa shape index (κ1) is 31.5. The predicted molar refractivity (Wildman–Crippen MR) is 164 cm³/mol. The van der Waals surface area contributed by atoms with E-state index in [0.29, 0.717) is 54.7 Å². The largest absolute Gasteiger partial charge is 0.490 e. The van der Waals surface area contributed by atoms with Gasteiger partial charge in [-0.3, -0.25) is 9.69 Å². The molecule has 3 fully saturated rings. The first-order chi connectivity index (χ1) is 19.0. The smallest absolute Gasteiger partial charge is 0.149 e. The molecule has 1 aromatic rings. The molecule has 1 unspecified atom stereocenters. The molecule has 0 aromatic heterocycles. The molecule has 0 radical (unpaired) electrons. The summed E-state index contributed by atoms with van der Waals surface area (Å²) in [5.41, 5.74) is 1.48. The van der Waals surface area contributed by atoms with Crippen LogP contribution in [0.1, 0.15) is 111 Å². The second kappa shape index (κ2) is 14.1. The molecule has 6 nitrogen and oxygen atoms in total. The Morgan fingerprint density at radius 3 is 2.30 bits per heavy atom. The summed E-state index contributed by atoms with van der Waals surface area (Å²) in [6, 6.07) is 10.5. The zero-order valence-corrected chi connectivity index (χ0v) is 26.4. The van der Waals surface area contributed by atoms with Crippen LogP contribution in [0.2, 0.25) is 0 Å². The maximum absolute atomic E-state index is 12.0. The minimum absolute atomic E-state index is 0.108. The number of Topliss-reactive ketones (excluding diaryl/α,β-unsaturated/α-hetero) is 1. The van der Waals surface area contributed by atoms with Crippen LogP contribution in [0.25, 0.3) is 0 Å². The highest BCUT2D eigenvalue weighted by Gasteiger charge is 2.36. The molecule has 1 saturated heterocycles. The van der Waals surface area contributed by atoms with E-state index in [2.05, 4.69) is 74.4 Å². The Bertz CT molecular complexity index is 928. The number of carbonyl (C=O) groups is 1. The summed E-state index contributed by atoms with van der Waals surface area (Å²) in [7, 11) is 0. The van der Waals surface area contributed by atoms with Gasteiger partial charge in [0.05, 0.1) is 18.8 Å². The fraction of sp³-hybridized carbons (Fsp3) is 0.794. The van der Waals surface area contributed by atoms with Crippen LogP contribution >= 0.6 is 0 Å². The Morgan fingerprint density at radius 2 is 1.65 bits per heavy atom. The Labute approximate surface area is 244 Å². The van der Waals surface area contributed by atoms with Gasteiger partial charge in [-0.1, -0.05) is 46.8 Å². The molecule has 1 heterocycles. The maximum Gasteiger partial charge on any atom is 0.149 e. The van der Waals surface area contributed by atoms with E-state index in [9.17, 15) is 4.79 Å². The van der Waals surface area contributed by atoms with Gasteiger partial charge >= 0.3 is 0 Å². The molecule has 1 aliphatic heterocycles. The molecule has 226 valence electrons. The van der Waals surface area contributed by atoms with Crippen LogP contribution in [0.3, 0.4) is 0 Å². The van der Waals surface area contributed by atoms with Gasteiger partial charge in [0.1, 0.15) is 17.6 Å². The maximum atomic E-state index is 12.0. The SMILES string of the molecule is CC(C)N[C@H]1C[C@H](Oc2cccc(C(C)CCC(C)(C)N[C@H]3C[C@H](OC4CCN(CC(=O)C(C)C)CC4)C3)c2)C1. The molecular formula is C34H57N3O3. The lowest BCUT2D eigenvalue weighted by Crippen LogP contribution is -2.54. The van der Waals surface area contributed by atoms with Crippen molar-refractivity contribution >= 4 is 5.78 Å². The summed E-state index contributed by atoms with van der Waals surface area (Å²) >= 11 is 0. The van der Waals surface area contributed by atoms with E-state index in [1.54, 1.807) is 0 Å². The van der Waals surface area contributed by atoms with Gasteiger partial charge in [-0.05, 0) is 88.8 Å². The minimum Gasteiger partial charge on any atom is -0.490 e. The average Bonchev–Trinajstić information content (AvgIpc) is 2.85. The Hall–Kier alpha value is -1.47. The lowest BCUT2D eigenvalue weighted by atomic mass is 9.84. The van der Waals surface area contributed by atoms with Crippen molar-refractivity contribution < 1.29 is 14.3 Å². The van der Waals surface area contributed by atoms with Gasteiger partial charge in [0.15, 0.2) is 0 Å². The quantitative estimate of drug-likeness (QED) is 0.273. The number of hydrogen-bond acceptors (Lipinski definition) is 6. The lowest BCUT2D eigenvalue weighted by molar-refractivity contribution is -0.124. The number of rotatable bonds is 15. The zero-order valence-electron chi connectivity index (χ0n) is 26.4. The molecule has 6 heteroatoms. The first-order valence-corrected chi connectivity index (χ1v) is 16.2.